The number of carbonyl (C=O) groups is 1. The number of carbonyl (C=O) groups excluding carboxylic acids is 1. The van der Waals surface area contributed by atoms with Crippen LogP contribution in [0.25, 0.3) is 0 Å². The van der Waals surface area contributed by atoms with E-state index in [0.29, 0.717) is 18.5 Å². The van der Waals surface area contributed by atoms with Crippen LogP contribution in [0, 0.1) is 5.92 Å². The first-order chi connectivity index (χ1) is 7.15. The second-order valence-electron chi connectivity index (χ2n) is 3.87. The predicted octanol–water partition coefficient (Wildman–Crippen LogP) is 0.852. The molecule has 0 radical (unpaired) electrons. The standard InChI is InChI=1S/C11H13NO3/c1-15-10(13)8-6-11(14,7-8)9-4-2-3-5-12-9/h2-5,8,14H,6-7H2,1H3. The Hall–Kier alpha value is -1.42. The van der Waals surface area contributed by atoms with E-state index in [1.165, 1.54) is 7.11 Å². The highest BCUT2D eigenvalue weighted by atomic mass is 16.5. The Morgan fingerprint density at radius 2 is 2.33 bits per heavy atom. The molecule has 1 aliphatic carbocycles. The Morgan fingerprint density at radius 1 is 1.60 bits per heavy atom. The summed E-state index contributed by atoms with van der Waals surface area (Å²) in [6.45, 7) is 0. The molecule has 1 aliphatic rings. The molecule has 1 aromatic heterocycles. The maximum atomic E-state index is 11.2. The number of methoxy groups -OCH3 is 1. The zero-order valence-electron chi connectivity index (χ0n) is 8.51. The number of aliphatic hydroxyl groups is 1. The monoisotopic (exact) mass is 207 g/mol. The Balaban J connectivity index is 2.06. The van der Waals surface area contributed by atoms with Crippen molar-refractivity contribution in [1.29, 1.82) is 0 Å². The highest BCUT2D eigenvalue weighted by Crippen LogP contribution is 2.45. The number of esters is 1. The van der Waals surface area contributed by atoms with Gasteiger partial charge in [-0.3, -0.25) is 9.78 Å². The van der Waals surface area contributed by atoms with Gasteiger partial charge in [0.25, 0.3) is 0 Å². The lowest BCUT2D eigenvalue weighted by Gasteiger charge is -2.41. The van der Waals surface area contributed by atoms with Gasteiger partial charge in [-0.2, -0.15) is 0 Å². The fourth-order valence-electron chi connectivity index (χ4n) is 1.94. The second-order valence-corrected chi connectivity index (χ2v) is 3.87. The van der Waals surface area contributed by atoms with E-state index in [9.17, 15) is 9.90 Å². The van der Waals surface area contributed by atoms with Gasteiger partial charge < -0.3 is 9.84 Å². The quantitative estimate of drug-likeness (QED) is 0.730. The Morgan fingerprint density at radius 3 is 2.87 bits per heavy atom. The molecular weight excluding hydrogens is 194 g/mol. The molecule has 0 saturated heterocycles. The van der Waals surface area contributed by atoms with E-state index in [-0.39, 0.29) is 11.9 Å². The van der Waals surface area contributed by atoms with Gasteiger partial charge in [-0.1, -0.05) is 6.07 Å². The fraction of sp³-hybridized carbons (Fsp3) is 0.455. The molecule has 0 aromatic carbocycles. The van der Waals surface area contributed by atoms with Crippen molar-refractivity contribution in [1.82, 2.24) is 4.98 Å². The molecule has 0 bridgehead atoms. The molecule has 1 N–H and O–H groups in total. The van der Waals surface area contributed by atoms with Gasteiger partial charge in [0.2, 0.25) is 0 Å². The smallest absolute Gasteiger partial charge is 0.308 e. The zero-order chi connectivity index (χ0) is 10.9. The maximum absolute atomic E-state index is 11.2. The lowest BCUT2D eigenvalue weighted by Crippen LogP contribution is -2.45. The van der Waals surface area contributed by atoms with Crippen molar-refractivity contribution in [2.75, 3.05) is 7.11 Å². The third kappa shape index (κ3) is 1.72. The maximum Gasteiger partial charge on any atom is 0.308 e. The molecule has 2 rings (SSSR count). The summed E-state index contributed by atoms with van der Waals surface area (Å²) in [4.78, 5) is 15.2. The minimum Gasteiger partial charge on any atom is -0.469 e. The summed E-state index contributed by atoms with van der Waals surface area (Å²) < 4.78 is 4.61. The largest absolute Gasteiger partial charge is 0.469 e. The SMILES string of the molecule is COC(=O)C1CC(O)(c2ccccn2)C1. The highest BCUT2D eigenvalue weighted by molar-refractivity contribution is 5.74. The summed E-state index contributed by atoms with van der Waals surface area (Å²) in [7, 11) is 1.36. The molecule has 1 fully saturated rings. The van der Waals surface area contributed by atoms with E-state index in [2.05, 4.69) is 9.72 Å². The van der Waals surface area contributed by atoms with Crippen LogP contribution in [-0.4, -0.2) is 23.2 Å². The molecule has 80 valence electrons. The first-order valence-corrected chi connectivity index (χ1v) is 4.87. The first kappa shape index (κ1) is 10.1. The number of hydrogen-bond donors (Lipinski definition) is 1. The van der Waals surface area contributed by atoms with Gasteiger partial charge in [-0.05, 0) is 25.0 Å². The van der Waals surface area contributed by atoms with E-state index in [0.717, 1.165) is 0 Å². The summed E-state index contributed by atoms with van der Waals surface area (Å²) >= 11 is 0. The molecule has 4 nitrogen and oxygen atoms in total. The zero-order valence-corrected chi connectivity index (χ0v) is 8.51. The topological polar surface area (TPSA) is 59.4 Å². The van der Waals surface area contributed by atoms with Gasteiger partial charge in [0.05, 0.1) is 18.7 Å². The molecule has 15 heavy (non-hydrogen) atoms. The normalized spacial score (nSPS) is 29.3. The van der Waals surface area contributed by atoms with E-state index in [1.54, 1.807) is 18.3 Å². The number of rotatable bonds is 2. The van der Waals surface area contributed by atoms with Crippen molar-refractivity contribution < 1.29 is 14.6 Å². The van der Waals surface area contributed by atoms with Crippen molar-refractivity contribution in [3.05, 3.63) is 30.1 Å². The van der Waals surface area contributed by atoms with Crippen LogP contribution in [0.2, 0.25) is 0 Å². The number of ether oxygens (including phenoxy) is 1. The predicted molar refractivity (Wildman–Crippen MR) is 52.9 cm³/mol. The van der Waals surface area contributed by atoms with Gasteiger partial charge in [0, 0.05) is 6.20 Å². The number of nitrogens with zero attached hydrogens (tertiary/aromatic N) is 1. The molecule has 4 heteroatoms. The number of aromatic nitrogens is 1. The van der Waals surface area contributed by atoms with E-state index < -0.39 is 5.60 Å². The minimum atomic E-state index is -0.944. The molecule has 1 aromatic rings. The van der Waals surface area contributed by atoms with Gasteiger partial charge in [0.1, 0.15) is 5.60 Å². The number of pyridine rings is 1. The summed E-state index contributed by atoms with van der Waals surface area (Å²) in [6, 6.07) is 5.39. The van der Waals surface area contributed by atoms with Crippen LogP contribution in [0.3, 0.4) is 0 Å². The van der Waals surface area contributed by atoms with Gasteiger partial charge in [-0.15, -0.1) is 0 Å². The molecule has 0 spiro atoms. The van der Waals surface area contributed by atoms with Crippen molar-refractivity contribution in [2.45, 2.75) is 18.4 Å². The summed E-state index contributed by atoms with van der Waals surface area (Å²) in [5.41, 5.74) is -0.315. The first-order valence-electron chi connectivity index (χ1n) is 4.87. The van der Waals surface area contributed by atoms with Crippen LogP contribution >= 0.6 is 0 Å². The fourth-order valence-corrected chi connectivity index (χ4v) is 1.94. The Labute approximate surface area is 87.9 Å². The van der Waals surface area contributed by atoms with Gasteiger partial charge in [-0.25, -0.2) is 0 Å². The van der Waals surface area contributed by atoms with Crippen molar-refractivity contribution >= 4 is 5.97 Å². The van der Waals surface area contributed by atoms with Crippen LogP contribution in [0.1, 0.15) is 18.5 Å². The summed E-state index contributed by atoms with van der Waals surface area (Å²) in [5.74, 6) is -0.447. The average molecular weight is 207 g/mol. The van der Waals surface area contributed by atoms with Crippen LogP contribution in [0.5, 0.6) is 0 Å². The van der Waals surface area contributed by atoms with E-state index >= 15 is 0 Å². The molecular formula is C11H13NO3. The van der Waals surface area contributed by atoms with Crippen LogP contribution in [-0.2, 0) is 15.1 Å². The average Bonchev–Trinajstić information content (AvgIpc) is 2.25. The van der Waals surface area contributed by atoms with Crippen molar-refractivity contribution in [3.8, 4) is 0 Å². The van der Waals surface area contributed by atoms with Crippen molar-refractivity contribution in [3.63, 3.8) is 0 Å². The van der Waals surface area contributed by atoms with Crippen molar-refractivity contribution in [2.24, 2.45) is 5.92 Å². The molecule has 1 saturated carbocycles. The highest BCUT2D eigenvalue weighted by Gasteiger charge is 2.48. The Kier molecular flexibility index (Phi) is 2.44. The summed E-state index contributed by atoms with van der Waals surface area (Å²) in [6.07, 6.45) is 2.44. The molecule has 0 aliphatic heterocycles. The Bertz CT molecular complexity index is 357. The molecule has 0 unspecified atom stereocenters. The lowest BCUT2D eigenvalue weighted by atomic mass is 9.69. The summed E-state index contributed by atoms with van der Waals surface area (Å²) in [5, 5.41) is 10.1. The molecule has 0 amide bonds. The van der Waals surface area contributed by atoms with E-state index in [1.807, 2.05) is 6.07 Å². The third-order valence-electron chi connectivity index (χ3n) is 2.84. The third-order valence-corrected chi connectivity index (χ3v) is 2.84. The van der Waals surface area contributed by atoms with E-state index in [4.69, 9.17) is 0 Å². The van der Waals surface area contributed by atoms with Crippen LogP contribution in [0.15, 0.2) is 24.4 Å². The second kappa shape index (κ2) is 3.62. The van der Waals surface area contributed by atoms with Gasteiger partial charge >= 0.3 is 5.97 Å². The molecule has 1 heterocycles. The van der Waals surface area contributed by atoms with Crippen LogP contribution < -0.4 is 0 Å². The number of hydrogen-bond acceptors (Lipinski definition) is 4. The molecule has 0 atom stereocenters. The van der Waals surface area contributed by atoms with Crippen LogP contribution in [0.4, 0.5) is 0 Å². The minimum absolute atomic E-state index is 0.193. The lowest BCUT2D eigenvalue weighted by molar-refractivity contribution is -0.163. The van der Waals surface area contributed by atoms with Gasteiger partial charge in [0.15, 0.2) is 0 Å².